The lowest BCUT2D eigenvalue weighted by molar-refractivity contribution is 0.0522. The fourth-order valence-electron chi connectivity index (χ4n) is 3.14. The van der Waals surface area contributed by atoms with Crippen molar-refractivity contribution in [2.45, 2.75) is 25.7 Å². The minimum Gasteiger partial charge on any atom is -0.481 e. The van der Waals surface area contributed by atoms with Crippen molar-refractivity contribution < 1.29 is 28.5 Å². The number of carbonyl (C=O) groups excluding carboxylic acids is 1. The zero-order valence-electron chi connectivity index (χ0n) is 19.3. The van der Waals surface area contributed by atoms with E-state index in [0.717, 1.165) is 11.7 Å². The topological polar surface area (TPSA) is 92.2 Å². The van der Waals surface area contributed by atoms with Gasteiger partial charge in [-0.3, -0.25) is 0 Å². The summed E-state index contributed by atoms with van der Waals surface area (Å²) in [7, 11) is 1.63. The van der Waals surface area contributed by atoms with Crippen LogP contribution in [0.2, 0.25) is 25.7 Å². The van der Waals surface area contributed by atoms with Crippen LogP contribution in [0.5, 0.6) is 23.5 Å². The Morgan fingerprint density at radius 1 is 1.09 bits per heavy atom. The van der Waals surface area contributed by atoms with Gasteiger partial charge in [0.2, 0.25) is 11.8 Å². The maximum Gasteiger partial charge on any atom is 0.344 e. The van der Waals surface area contributed by atoms with Crippen LogP contribution in [0.25, 0.3) is 0 Å². The van der Waals surface area contributed by atoms with Crippen molar-refractivity contribution in [2.24, 2.45) is 0 Å². The zero-order valence-corrected chi connectivity index (χ0v) is 20.3. The third-order valence-electron chi connectivity index (χ3n) is 4.92. The van der Waals surface area contributed by atoms with Crippen LogP contribution >= 0.6 is 0 Å². The fraction of sp³-hybridized carbons (Fsp3) is 0.500. The molecule has 174 valence electrons. The van der Waals surface area contributed by atoms with Crippen LogP contribution in [0.3, 0.4) is 0 Å². The molecular formula is C22H31N3O6Si. The molecule has 1 aromatic carbocycles. The summed E-state index contributed by atoms with van der Waals surface area (Å²) in [4.78, 5) is 23.7. The molecule has 0 saturated carbocycles. The molecule has 3 rings (SSSR count). The number of rotatable bonds is 9. The molecule has 0 N–H and O–H groups in total. The lowest BCUT2D eigenvalue weighted by Gasteiger charge is -2.30. The molecule has 0 aliphatic carbocycles. The Morgan fingerprint density at radius 3 is 2.34 bits per heavy atom. The highest BCUT2D eigenvalue weighted by molar-refractivity contribution is 6.76. The molecule has 0 bridgehead atoms. The van der Waals surface area contributed by atoms with Gasteiger partial charge < -0.3 is 28.6 Å². The van der Waals surface area contributed by atoms with Crippen molar-refractivity contribution in [3.8, 4) is 23.5 Å². The van der Waals surface area contributed by atoms with Crippen LogP contribution < -0.4 is 19.1 Å². The van der Waals surface area contributed by atoms with Gasteiger partial charge in [0.15, 0.2) is 0 Å². The highest BCUT2D eigenvalue weighted by atomic mass is 28.3. The van der Waals surface area contributed by atoms with Gasteiger partial charge in [-0.05, 0) is 18.2 Å². The largest absolute Gasteiger partial charge is 0.481 e. The molecule has 1 aliphatic heterocycles. The van der Waals surface area contributed by atoms with Gasteiger partial charge >= 0.3 is 12.0 Å². The summed E-state index contributed by atoms with van der Waals surface area (Å²) in [5.41, 5.74) is 1.08. The summed E-state index contributed by atoms with van der Waals surface area (Å²) in [6.07, 6.45) is 0. The molecule has 0 spiro atoms. The van der Waals surface area contributed by atoms with Crippen LogP contribution in [-0.2, 0) is 9.47 Å². The molecule has 1 fully saturated rings. The first-order valence-corrected chi connectivity index (χ1v) is 14.3. The number of carbonyl (C=O) groups is 1. The van der Waals surface area contributed by atoms with Crippen molar-refractivity contribution in [3.05, 3.63) is 29.8 Å². The minimum atomic E-state index is -1.35. The quantitative estimate of drug-likeness (QED) is 0.410. The first-order chi connectivity index (χ1) is 15.3. The van der Waals surface area contributed by atoms with Crippen molar-refractivity contribution in [1.29, 1.82) is 0 Å². The average molecular weight is 462 g/mol. The second-order valence-corrected chi connectivity index (χ2v) is 14.2. The van der Waals surface area contributed by atoms with Gasteiger partial charge in [0.1, 0.15) is 11.3 Å². The number of hydrogen-bond donors (Lipinski definition) is 0. The summed E-state index contributed by atoms with van der Waals surface area (Å²) >= 11 is 0. The van der Waals surface area contributed by atoms with Gasteiger partial charge in [0.05, 0.1) is 45.8 Å². The Labute approximate surface area is 189 Å². The Morgan fingerprint density at radius 2 is 1.75 bits per heavy atom. The number of hydrogen-bond acceptors (Lipinski definition) is 9. The van der Waals surface area contributed by atoms with E-state index in [9.17, 15) is 4.79 Å². The second-order valence-electron chi connectivity index (χ2n) is 8.53. The van der Waals surface area contributed by atoms with Gasteiger partial charge in [-0.2, -0.15) is 9.97 Å². The molecule has 0 atom stereocenters. The number of aromatic nitrogens is 2. The molecule has 0 radical (unpaired) electrons. The number of nitrogens with zero attached hydrogens (tertiary/aromatic N) is 3. The highest BCUT2D eigenvalue weighted by Crippen LogP contribution is 2.34. The maximum atomic E-state index is 13.2. The van der Waals surface area contributed by atoms with E-state index in [0.29, 0.717) is 44.2 Å². The minimum absolute atomic E-state index is 0.0106. The van der Waals surface area contributed by atoms with Crippen LogP contribution in [0.4, 0.5) is 5.69 Å². The van der Waals surface area contributed by atoms with Crippen LogP contribution in [0, 0.1) is 0 Å². The highest BCUT2D eigenvalue weighted by Gasteiger charge is 2.26. The summed E-state index contributed by atoms with van der Waals surface area (Å²) in [5.74, 6) is 0.448. The lowest BCUT2D eigenvalue weighted by atomic mass is 10.1. The molecule has 1 aromatic heterocycles. The molecule has 1 aliphatic rings. The van der Waals surface area contributed by atoms with Crippen LogP contribution in [0.1, 0.15) is 10.4 Å². The van der Waals surface area contributed by atoms with E-state index in [1.54, 1.807) is 12.1 Å². The standard InChI is InChI=1S/C22H31N3O6Si/c1-27-18-15-19(28-2)24-22(23-18)31-17-8-6-7-16(25-9-11-29-12-10-25)20(17)21(26)30-13-14-32(3,4)5/h6-8,15H,9-14H2,1-5H3. The van der Waals surface area contributed by atoms with E-state index in [4.69, 9.17) is 23.7 Å². The van der Waals surface area contributed by atoms with E-state index < -0.39 is 14.0 Å². The third-order valence-corrected chi connectivity index (χ3v) is 6.63. The molecule has 2 aromatic rings. The SMILES string of the molecule is COc1cc(OC)nc(Oc2cccc(N3CCOCC3)c2C(=O)OCC[Si](C)(C)C)n1. The van der Waals surface area contributed by atoms with Gasteiger partial charge in [-0.25, -0.2) is 4.79 Å². The maximum absolute atomic E-state index is 13.2. The monoisotopic (exact) mass is 461 g/mol. The fourth-order valence-corrected chi connectivity index (χ4v) is 3.85. The van der Waals surface area contributed by atoms with Crippen molar-refractivity contribution in [1.82, 2.24) is 9.97 Å². The molecule has 2 heterocycles. The zero-order chi connectivity index (χ0) is 23.1. The summed E-state index contributed by atoms with van der Waals surface area (Å²) < 4.78 is 27.5. The average Bonchev–Trinajstić information content (AvgIpc) is 2.78. The van der Waals surface area contributed by atoms with Crippen molar-refractivity contribution in [2.75, 3.05) is 52.0 Å². The third kappa shape index (κ3) is 6.33. The normalized spacial score (nSPS) is 14.1. The number of esters is 1. The van der Waals surface area contributed by atoms with Crippen molar-refractivity contribution >= 4 is 19.7 Å². The molecule has 9 nitrogen and oxygen atoms in total. The molecule has 32 heavy (non-hydrogen) atoms. The predicted molar refractivity (Wildman–Crippen MR) is 123 cm³/mol. The molecule has 10 heteroatoms. The Balaban J connectivity index is 1.95. The Hall–Kier alpha value is -2.85. The van der Waals surface area contributed by atoms with Gasteiger partial charge in [0.25, 0.3) is 0 Å². The first kappa shape index (κ1) is 23.8. The van der Waals surface area contributed by atoms with Crippen LogP contribution in [-0.4, -0.2) is 71.1 Å². The van der Waals surface area contributed by atoms with Gasteiger partial charge in [-0.1, -0.05) is 25.7 Å². The number of methoxy groups -OCH3 is 2. The van der Waals surface area contributed by atoms with Gasteiger partial charge in [-0.15, -0.1) is 0 Å². The molecule has 0 amide bonds. The number of morpholine rings is 1. The Kier molecular flexibility index (Phi) is 7.92. The number of ether oxygens (including phenoxy) is 5. The second kappa shape index (κ2) is 10.6. The van der Waals surface area contributed by atoms with E-state index in [2.05, 4.69) is 34.5 Å². The lowest BCUT2D eigenvalue weighted by Crippen LogP contribution is -2.37. The van der Waals surface area contributed by atoms with E-state index in [1.165, 1.54) is 14.2 Å². The molecule has 0 unspecified atom stereocenters. The summed E-state index contributed by atoms with van der Waals surface area (Å²) in [6, 6.07) is 7.86. The van der Waals surface area contributed by atoms with Gasteiger partial charge in [0, 0.05) is 21.2 Å². The van der Waals surface area contributed by atoms with E-state index in [-0.39, 0.29) is 17.8 Å². The van der Waals surface area contributed by atoms with Crippen molar-refractivity contribution in [3.63, 3.8) is 0 Å². The van der Waals surface area contributed by atoms with E-state index >= 15 is 0 Å². The Bertz CT molecular complexity index is 906. The number of benzene rings is 1. The molecule has 1 saturated heterocycles. The van der Waals surface area contributed by atoms with Crippen LogP contribution in [0.15, 0.2) is 24.3 Å². The summed E-state index contributed by atoms with van der Waals surface area (Å²) in [6.45, 7) is 9.61. The predicted octanol–water partition coefficient (Wildman–Crippen LogP) is 3.62. The number of anilines is 1. The first-order valence-electron chi connectivity index (χ1n) is 10.6. The molecular weight excluding hydrogens is 430 g/mol. The van der Waals surface area contributed by atoms with E-state index in [1.807, 2.05) is 12.1 Å². The smallest absolute Gasteiger partial charge is 0.344 e. The summed E-state index contributed by atoms with van der Waals surface area (Å²) in [5, 5.41) is 0.